The van der Waals surface area contributed by atoms with Crippen molar-refractivity contribution in [3.63, 3.8) is 0 Å². The molecule has 2 atom stereocenters. The second kappa shape index (κ2) is 4.88. The Morgan fingerprint density at radius 2 is 2.42 bits per heavy atom. The predicted octanol–water partition coefficient (Wildman–Crippen LogP) is 2.91. The Hall–Kier alpha value is -0.0100. The summed E-state index contributed by atoms with van der Waals surface area (Å²) >= 11 is 5.55. The summed E-state index contributed by atoms with van der Waals surface area (Å²) in [5.74, 6) is 0.943. The Balaban J connectivity index is 2.04. The Morgan fingerprint density at radius 1 is 1.67 bits per heavy atom. The number of rotatable bonds is 5. The minimum atomic E-state index is 0.775. The van der Waals surface area contributed by atoms with Crippen LogP contribution in [0.3, 0.4) is 0 Å². The molecule has 70 valence electrons. The summed E-state index contributed by atoms with van der Waals surface area (Å²) < 4.78 is 0. The predicted molar refractivity (Wildman–Crippen MR) is 54.4 cm³/mol. The van der Waals surface area contributed by atoms with Crippen LogP contribution in [0.4, 0.5) is 0 Å². The molecule has 2 unspecified atom stereocenters. The highest BCUT2D eigenvalue weighted by atomic mass is 35.5. The van der Waals surface area contributed by atoms with Crippen LogP contribution in [0.25, 0.3) is 0 Å². The molecule has 0 bridgehead atoms. The van der Waals surface area contributed by atoms with Crippen LogP contribution in [0.1, 0.15) is 33.1 Å². The summed E-state index contributed by atoms with van der Waals surface area (Å²) in [6, 6.07) is 0.775. The largest absolute Gasteiger partial charge is 0.310 e. The van der Waals surface area contributed by atoms with E-state index in [0.29, 0.717) is 0 Å². The van der Waals surface area contributed by atoms with E-state index in [1.165, 1.54) is 24.8 Å². The highest BCUT2D eigenvalue weighted by Gasteiger charge is 2.34. The van der Waals surface area contributed by atoms with E-state index in [1.54, 1.807) is 5.54 Å². The first-order chi connectivity index (χ1) is 5.77. The molecule has 1 aliphatic rings. The van der Waals surface area contributed by atoms with E-state index < -0.39 is 0 Å². The molecule has 12 heavy (non-hydrogen) atoms. The van der Waals surface area contributed by atoms with Gasteiger partial charge >= 0.3 is 0 Å². The zero-order chi connectivity index (χ0) is 8.97. The van der Waals surface area contributed by atoms with Gasteiger partial charge in [-0.15, -0.1) is 0 Å². The van der Waals surface area contributed by atoms with Crippen molar-refractivity contribution < 1.29 is 0 Å². The van der Waals surface area contributed by atoms with Crippen LogP contribution in [0.2, 0.25) is 0 Å². The molecular weight excluding hydrogens is 170 g/mol. The molecule has 1 fully saturated rings. The molecule has 0 aromatic heterocycles. The van der Waals surface area contributed by atoms with Gasteiger partial charge in [0.15, 0.2) is 0 Å². The standard InChI is InChI=1S/C10H18ClN/c1-3-4-9-5-10(9)12-7-8(2)6-11/h6,9-10,12H,3-5,7H2,1-2H3. The maximum Gasteiger partial charge on any atom is 0.0176 e. The molecule has 1 saturated carbocycles. The summed E-state index contributed by atoms with van der Waals surface area (Å²) in [6.45, 7) is 5.25. The SMILES string of the molecule is CCCC1CC1NCC(C)=CCl. The monoisotopic (exact) mass is 187 g/mol. The van der Waals surface area contributed by atoms with E-state index >= 15 is 0 Å². The molecule has 2 heteroatoms. The van der Waals surface area contributed by atoms with Crippen molar-refractivity contribution in [1.82, 2.24) is 5.32 Å². The van der Waals surface area contributed by atoms with E-state index in [2.05, 4.69) is 19.2 Å². The van der Waals surface area contributed by atoms with Gasteiger partial charge in [-0.1, -0.05) is 24.9 Å². The Kier molecular flexibility index (Phi) is 4.10. The van der Waals surface area contributed by atoms with Gasteiger partial charge in [-0.25, -0.2) is 0 Å². The van der Waals surface area contributed by atoms with Crippen molar-refractivity contribution in [3.05, 3.63) is 11.1 Å². The first kappa shape index (κ1) is 10.1. The topological polar surface area (TPSA) is 12.0 Å². The fourth-order valence-corrected chi connectivity index (χ4v) is 1.60. The molecule has 1 rings (SSSR count). The molecule has 1 nitrogen and oxygen atoms in total. The van der Waals surface area contributed by atoms with Gasteiger partial charge in [-0.05, 0) is 31.3 Å². The van der Waals surface area contributed by atoms with Gasteiger partial charge < -0.3 is 5.32 Å². The van der Waals surface area contributed by atoms with Crippen LogP contribution in [-0.2, 0) is 0 Å². The second-order valence-corrected chi connectivity index (χ2v) is 3.95. The van der Waals surface area contributed by atoms with Gasteiger partial charge in [-0.2, -0.15) is 0 Å². The third kappa shape index (κ3) is 3.16. The number of hydrogen-bond donors (Lipinski definition) is 1. The van der Waals surface area contributed by atoms with Gasteiger partial charge in [0.25, 0.3) is 0 Å². The molecular formula is C10H18ClN. The molecule has 0 aromatic rings. The van der Waals surface area contributed by atoms with Crippen LogP contribution in [0.15, 0.2) is 11.1 Å². The number of halogens is 1. The van der Waals surface area contributed by atoms with E-state index in [1.807, 2.05) is 0 Å². The lowest BCUT2D eigenvalue weighted by Gasteiger charge is -2.02. The normalized spacial score (nSPS) is 29.1. The summed E-state index contributed by atoms with van der Waals surface area (Å²) in [5, 5.41) is 3.49. The second-order valence-electron chi connectivity index (χ2n) is 3.73. The Bertz CT molecular complexity index is 165. The van der Waals surface area contributed by atoms with Gasteiger partial charge in [-0.3, -0.25) is 0 Å². The molecule has 0 amide bonds. The first-order valence-corrected chi connectivity index (χ1v) is 5.20. The lowest BCUT2D eigenvalue weighted by Crippen LogP contribution is -2.20. The maximum atomic E-state index is 5.55. The van der Waals surface area contributed by atoms with Crippen molar-refractivity contribution in [2.24, 2.45) is 5.92 Å². The van der Waals surface area contributed by atoms with Gasteiger partial charge in [0.05, 0.1) is 0 Å². The smallest absolute Gasteiger partial charge is 0.0176 e. The summed E-state index contributed by atoms with van der Waals surface area (Å²) in [5.41, 5.74) is 2.88. The van der Waals surface area contributed by atoms with E-state index in [9.17, 15) is 0 Å². The molecule has 0 aliphatic heterocycles. The van der Waals surface area contributed by atoms with Gasteiger partial charge in [0, 0.05) is 18.1 Å². The van der Waals surface area contributed by atoms with Crippen molar-refractivity contribution in [2.75, 3.05) is 6.54 Å². The van der Waals surface area contributed by atoms with Crippen molar-refractivity contribution in [1.29, 1.82) is 0 Å². The Labute approximate surface area is 80.2 Å². The number of hydrogen-bond acceptors (Lipinski definition) is 1. The van der Waals surface area contributed by atoms with E-state index in [-0.39, 0.29) is 0 Å². The van der Waals surface area contributed by atoms with Crippen LogP contribution in [-0.4, -0.2) is 12.6 Å². The highest BCUT2D eigenvalue weighted by molar-refractivity contribution is 6.25. The molecule has 0 saturated heterocycles. The van der Waals surface area contributed by atoms with Crippen LogP contribution >= 0.6 is 11.6 Å². The summed E-state index contributed by atoms with van der Waals surface area (Å²) in [4.78, 5) is 0. The van der Waals surface area contributed by atoms with Crippen molar-refractivity contribution in [3.8, 4) is 0 Å². The minimum Gasteiger partial charge on any atom is -0.310 e. The van der Waals surface area contributed by atoms with Crippen molar-refractivity contribution in [2.45, 2.75) is 39.2 Å². The zero-order valence-electron chi connectivity index (χ0n) is 7.94. The zero-order valence-corrected chi connectivity index (χ0v) is 8.69. The first-order valence-electron chi connectivity index (χ1n) is 4.77. The van der Waals surface area contributed by atoms with Gasteiger partial charge in [0.1, 0.15) is 0 Å². The maximum absolute atomic E-state index is 5.55. The van der Waals surface area contributed by atoms with Crippen LogP contribution in [0.5, 0.6) is 0 Å². The third-order valence-corrected chi connectivity index (χ3v) is 2.78. The molecule has 0 heterocycles. The quantitative estimate of drug-likeness (QED) is 0.698. The van der Waals surface area contributed by atoms with Gasteiger partial charge in [0.2, 0.25) is 0 Å². The van der Waals surface area contributed by atoms with E-state index in [4.69, 9.17) is 11.6 Å². The molecule has 1 aliphatic carbocycles. The third-order valence-electron chi connectivity index (χ3n) is 2.41. The average molecular weight is 188 g/mol. The van der Waals surface area contributed by atoms with Crippen LogP contribution < -0.4 is 5.32 Å². The fraction of sp³-hybridized carbons (Fsp3) is 0.800. The van der Waals surface area contributed by atoms with Crippen molar-refractivity contribution >= 4 is 11.6 Å². The molecule has 0 radical (unpaired) electrons. The number of nitrogens with one attached hydrogen (secondary N) is 1. The van der Waals surface area contributed by atoms with Crippen LogP contribution in [0, 0.1) is 5.92 Å². The molecule has 0 spiro atoms. The van der Waals surface area contributed by atoms with E-state index in [0.717, 1.165) is 18.5 Å². The molecule has 1 N–H and O–H groups in total. The Morgan fingerprint density at radius 3 is 3.00 bits per heavy atom. The molecule has 0 aromatic carbocycles. The summed E-state index contributed by atoms with van der Waals surface area (Å²) in [7, 11) is 0. The lowest BCUT2D eigenvalue weighted by atomic mass is 10.2. The summed E-state index contributed by atoms with van der Waals surface area (Å²) in [6.07, 6.45) is 4.05. The minimum absolute atomic E-state index is 0.775. The fourth-order valence-electron chi connectivity index (χ4n) is 1.52. The average Bonchev–Trinajstić information content (AvgIpc) is 2.80. The highest BCUT2D eigenvalue weighted by Crippen LogP contribution is 2.34. The lowest BCUT2D eigenvalue weighted by molar-refractivity contribution is 0.620.